The lowest BCUT2D eigenvalue weighted by Crippen LogP contribution is -1.92. The molecule has 0 aromatic heterocycles. The van der Waals surface area contributed by atoms with E-state index in [1.54, 1.807) is 0 Å². The van der Waals surface area contributed by atoms with E-state index < -0.39 is 0 Å². The number of rotatable bonds is 6. The number of benzene rings is 1. The zero-order chi connectivity index (χ0) is 13.4. The molecule has 0 aliphatic heterocycles. The van der Waals surface area contributed by atoms with Crippen LogP contribution in [0.1, 0.15) is 38.8 Å². The molecular weight excluding hydrogens is 220 g/mol. The van der Waals surface area contributed by atoms with Gasteiger partial charge in [-0.3, -0.25) is 9.98 Å². The summed E-state index contributed by atoms with van der Waals surface area (Å²) >= 11 is 0. The van der Waals surface area contributed by atoms with Crippen LogP contribution in [-0.2, 0) is 13.1 Å². The smallest absolute Gasteiger partial charge is 0.0636 e. The topological polar surface area (TPSA) is 24.7 Å². The van der Waals surface area contributed by atoms with Crippen molar-refractivity contribution in [1.29, 1.82) is 0 Å². The normalized spacial score (nSPS) is 12.3. The minimum atomic E-state index is 0.517. The Kier molecular flexibility index (Phi) is 6.34. The van der Waals surface area contributed by atoms with Crippen molar-refractivity contribution < 1.29 is 0 Å². The van der Waals surface area contributed by atoms with Gasteiger partial charge < -0.3 is 0 Å². The Labute approximate surface area is 111 Å². The predicted molar refractivity (Wildman–Crippen MR) is 80.5 cm³/mol. The van der Waals surface area contributed by atoms with Crippen LogP contribution in [0.2, 0.25) is 0 Å². The highest BCUT2D eigenvalue weighted by Crippen LogP contribution is 2.08. The first-order valence-corrected chi connectivity index (χ1v) is 6.65. The molecule has 0 radical (unpaired) electrons. The molecule has 1 rings (SSSR count). The van der Waals surface area contributed by atoms with Crippen LogP contribution in [0.25, 0.3) is 0 Å². The van der Waals surface area contributed by atoms with Crippen LogP contribution in [0.3, 0.4) is 0 Å². The van der Waals surface area contributed by atoms with E-state index in [4.69, 9.17) is 0 Å². The fraction of sp³-hybridized carbons (Fsp3) is 0.500. The van der Waals surface area contributed by atoms with Crippen LogP contribution in [-0.4, -0.2) is 12.4 Å². The van der Waals surface area contributed by atoms with Gasteiger partial charge in [0.25, 0.3) is 0 Å². The molecule has 0 aliphatic rings. The van der Waals surface area contributed by atoms with Crippen molar-refractivity contribution in [2.75, 3.05) is 0 Å². The molecule has 98 valence electrons. The molecule has 0 fully saturated rings. The van der Waals surface area contributed by atoms with Gasteiger partial charge in [-0.2, -0.15) is 0 Å². The number of nitrogens with zero attached hydrogens (tertiary/aromatic N) is 2. The highest BCUT2D eigenvalue weighted by atomic mass is 14.7. The Hall–Kier alpha value is -1.44. The van der Waals surface area contributed by atoms with Gasteiger partial charge in [-0.15, -0.1) is 0 Å². The van der Waals surface area contributed by atoms with E-state index in [0.717, 1.165) is 13.1 Å². The van der Waals surface area contributed by atoms with E-state index in [-0.39, 0.29) is 0 Å². The van der Waals surface area contributed by atoms with E-state index in [0.29, 0.717) is 11.8 Å². The van der Waals surface area contributed by atoms with Gasteiger partial charge in [0, 0.05) is 12.4 Å². The summed E-state index contributed by atoms with van der Waals surface area (Å²) in [5.41, 5.74) is 2.51. The second-order valence-corrected chi connectivity index (χ2v) is 5.29. The largest absolute Gasteiger partial charge is 0.293 e. The van der Waals surface area contributed by atoms with Crippen molar-refractivity contribution in [2.45, 2.75) is 40.8 Å². The summed E-state index contributed by atoms with van der Waals surface area (Å²) in [7, 11) is 0. The molecule has 0 heterocycles. The van der Waals surface area contributed by atoms with Gasteiger partial charge in [0.2, 0.25) is 0 Å². The molecule has 1 aromatic carbocycles. The summed E-state index contributed by atoms with van der Waals surface area (Å²) in [5, 5.41) is 0. The maximum absolute atomic E-state index is 4.43. The summed E-state index contributed by atoms with van der Waals surface area (Å²) in [6.07, 6.45) is 4.01. The van der Waals surface area contributed by atoms with E-state index in [1.165, 1.54) is 11.1 Å². The van der Waals surface area contributed by atoms with Crippen LogP contribution < -0.4 is 0 Å². The van der Waals surface area contributed by atoms with E-state index in [2.05, 4.69) is 61.9 Å². The van der Waals surface area contributed by atoms with Crippen LogP contribution in [0.4, 0.5) is 0 Å². The van der Waals surface area contributed by atoms with Gasteiger partial charge in [0.1, 0.15) is 0 Å². The molecule has 0 unspecified atom stereocenters. The lowest BCUT2D eigenvalue weighted by molar-refractivity contribution is 0.888. The Balaban J connectivity index is 2.56. The second-order valence-electron chi connectivity index (χ2n) is 5.29. The Morgan fingerprint density at radius 1 is 0.889 bits per heavy atom. The first kappa shape index (κ1) is 14.6. The maximum Gasteiger partial charge on any atom is 0.0636 e. The Bertz CT molecular complexity index is 368. The third-order valence-electron chi connectivity index (χ3n) is 2.35. The quantitative estimate of drug-likeness (QED) is 0.672. The minimum absolute atomic E-state index is 0.517. The summed E-state index contributed by atoms with van der Waals surface area (Å²) in [6.45, 7) is 10.1. The van der Waals surface area contributed by atoms with Gasteiger partial charge in [0.15, 0.2) is 0 Å². The molecule has 1 aromatic rings. The molecule has 0 spiro atoms. The van der Waals surface area contributed by atoms with Gasteiger partial charge in [-0.25, -0.2) is 0 Å². The first-order valence-electron chi connectivity index (χ1n) is 6.65. The fourth-order valence-corrected chi connectivity index (χ4v) is 1.56. The second kappa shape index (κ2) is 7.80. The zero-order valence-corrected chi connectivity index (χ0v) is 11.9. The van der Waals surface area contributed by atoms with Crippen LogP contribution in [0, 0.1) is 11.8 Å². The predicted octanol–water partition coefficient (Wildman–Crippen LogP) is 4.14. The highest BCUT2D eigenvalue weighted by Gasteiger charge is 1.95. The lowest BCUT2D eigenvalue weighted by Gasteiger charge is -2.02. The summed E-state index contributed by atoms with van der Waals surface area (Å²) in [6, 6.07) is 8.51. The lowest BCUT2D eigenvalue weighted by atomic mass is 10.1. The van der Waals surface area contributed by atoms with Crippen LogP contribution in [0.15, 0.2) is 34.3 Å². The Morgan fingerprint density at radius 2 is 1.33 bits per heavy atom. The van der Waals surface area contributed by atoms with Crippen molar-refractivity contribution in [3.63, 3.8) is 0 Å². The zero-order valence-electron chi connectivity index (χ0n) is 11.9. The van der Waals surface area contributed by atoms with Crippen LogP contribution >= 0.6 is 0 Å². The maximum atomic E-state index is 4.43. The van der Waals surface area contributed by atoms with E-state index in [9.17, 15) is 0 Å². The third kappa shape index (κ3) is 6.33. The summed E-state index contributed by atoms with van der Waals surface area (Å²) in [4.78, 5) is 8.85. The van der Waals surface area contributed by atoms with Crippen molar-refractivity contribution in [2.24, 2.45) is 21.8 Å². The van der Waals surface area contributed by atoms with Crippen molar-refractivity contribution in [1.82, 2.24) is 0 Å². The molecule has 2 heteroatoms. The number of hydrogen-bond acceptors (Lipinski definition) is 2. The molecule has 0 atom stereocenters. The number of hydrogen-bond donors (Lipinski definition) is 0. The summed E-state index contributed by atoms with van der Waals surface area (Å²) < 4.78 is 0. The average Bonchev–Trinajstić information content (AvgIpc) is 2.28. The van der Waals surface area contributed by atoms with Gasteiger partial charge in [0.05, 0.1) is 13.1 Å². The molecule has 0 bridgehead atoms. The molecule has 0 aliphatic carbocycles. The van der Waals surface area contributed by atoms with E-state index >= 15 is 0 Å². The average molecular weight is 244 g/mol. The Morgan fingerprint density at radius 3 is 1.72 bits per heavy atom. The van der Waals surface area contributed by atoms with Gasteiger partial charge >= 0.3 is 0 Å². The first-order chi connectivity index (χ1) is 8.58. The third-order valence-corrected chi connectivity index (χ3v) is 2.35. The standard InChI is InChI=1S/C16H24N2/c1-13(2)9-17-11-15-6-5-7-16(8-15)12-18-10-14(3)4/h5-10,13-14H,11-12H2,1-4H3. The monoisotopic (exact) mass is 244 g/mol. The minimum Gasteiger partial charge on any atom is -0.293 e. The molecular formula is C16H24N2. The SMILES string of the molecule is CC(C)C=NCc1cccc(CN=CC(C)C)c1. The van der Waals surface area contributed by atoms with Gasteiger partial charge in [-0.1, -0.05) is 52.0 Å². The van der Waals surface area contributed by atoms with Crippen molar-refractivity contribution >= 4 is 12.4 Å². The number of aliphatic imine (C=N–C) groups is 2. The highest BCUT2D eigenvalue weighted by molar-refractivity contribution is 5.60. The van der Waals surface area contributed by atoms with Crippen molar-refractivity contribution in [3.8, 4) is 0 Å². The molecule has 0 saturated heterocycles. The molecule has 2 nitrogen and oxygen atoms in total. The molecule has 0 N–H and O–H groups in total. The molecule has 0 saturated carbocycles. The summed E-state index contributed by atoms with van der Waals surface area (Å²) in [5.74, 6) is 1.03. The van der Waals surface area contributed by atoms with Gasteiger partial charge in [-0.05, 0) is 23.0 Å². The molecule has 0 amide bonds. The van der Waals surface area contributed by atoms with Crippen molar-refractivity contribution in [3.05, 3.63) is 35.4 Å². The van der Waals surface area contributed by atoms with E-state index in [1.807, 2.05) is 12.4 Å². The fourth-order valence-electron chi connectivity index (χ4n) is 1.56. The molecule has 18 heavy (non-hydrogen) atoms. The van der Waals surface area contributed by atoms with Crippen LogP contribution in [0.5, 0.6) is 0 Å².